The van der Waals surface area contributed by atoms with Crippen molar-refractivity contribution in [3.05, 3.63) is 76.7 Å². The van der Waals surface area contributed by atoms with Crippen molar-refractivity contribution >= 4 is 39.1 Å². The Labute approximate surface area is 178 Å². The topological polar surface area (TPSA) is 98.3 Å². The van der Waals surface area contributed by atoms with E-state index in [2.05, 4.69) is 15.3 Å². The van der Waals surface area contributed by atoms with Crippen LogP contribution in [0.1, 0.15) is 16.8 Å². The Morgan fingerprint density at radius 3 is 2.65 bits per heavy atom. The third-order valence-electron chi connectivity index (χ3n) is 5.87. The van der Waals surface area contributed by atoms with Gasteiger partial charge in [-0.25, -0.2) is 4.98 Å². The third kappa shape index (κ3) is 3.53. The summed E-state index contributed by atoms with van der Waals surface area (Å²) in [7, 11) is 0. The SMILES string of the molecule is O=C(c1ccc(Nc2ccnc3[nH]c(=O)c4ccccc4c23)cc1)N1CCC(CO)C1. The van der Waals surface area contributed by atoms with Crippen LogP contribution in [-0.4, -0.2) is 45.6 Å². The van der Waals surface area contributed by atoms with E-state index < -0.39 is 0 Å². The van der Waals surface area contributed by atoms with Gasteiger partial charge in [0.1, 0.15) is 5.65 Å². The summed E-state index contributed by atoms with van der Waals surface area (Å²) in [5.41, 5.74) is 2.63. The lowest BCUT2D eigenvalue weighted by Crippen LogP contribution is -2.29. The number of nitrogens with zero attached hydrogens (tertiary/aromatic N) is 2. The smallest absolute Gasteiger partial charge is 0.257 e. The highest BCUT2D eigenvalue weighted by molar-refractivity contribution is 6.10. The standard InChI is InChI=1S/C24H22N4O3/c29-14-15-10-12-28(13-15)24(31)16-5-7-17(8-6-16)26-20-9-11-25-22-21(20)18-3-1-2-4-19(18)23(30)27-22/h1-9,11,15,29H,10,12-14H2,(H2,25,26,27,30). The number of pyridine rings is 2. The van der Waals surface area contributed by atoms with Gasteiger partial charge in [0.25, 0.3) is 11.5 Å². The average Bonchev–Trinajstić information content (AvgIpc) is 3.29. The first kappa shape index (κ1) is 19.3. The summed E-state index contributed by atoms with van der Waals surface area (Å²) in [5.74, 6) is 0.159. The fourth-order valence-electron chi connectivity index (χ4n) is 4.21. The first-order valence-electron chi connectivity index (χ1n) is 10.3. The van der Waals surface area contributed by atoms with Crippen LogP contribution in [-0.2, 0) is 0 Å². The van der Waals surface area contributed by atoms with Crippen molar-refractivity contribution in [2.24, 2.45) is 5.92 Å². The highest BCUT2D eigenvalue weighted by atomic mass is 16.3. The van der Waals surface area contributed by atoms with E-state index in [9.17, 15) is 14.7 Å². The minimum absolute atomic E-state index is 0.0135. The maximum atomic E-state index is 12.7. The molecule has 1 atom stereocenters. The van der Waals surface area contributed by atoms with Crippen LogP contribution in [0.15, 0.2) is 65.6 Å². The predicted octanol–water partition coefficient (Wildman–Crippen LogP) is 3.27. The van der Waals surface area contributed by atoms with Gasteiger partial charge >= 0.3 is 0 Å². The lowest BCUT2D eigenvalue weighted by Gasteiger charge is -2.17. The molecule has 4 aromatic rings. The van der Waals surface area contributed by atoms with Gasteiger partial charge in [0.15, 0.2) is 0 Å². The largest absolute Gasteiger partial charge is 0.396 e. The molecule has 3 heterocycles. The monoisotopic (exact) mass is 414 g/mol. The van der Waals surface area contributed by atoms with E-state index in [4.69, 9.17) is 0 Å². The van der Waals surface area contributed by atoms with Crippen LogP contribution in [0.3, 0.4) is 0 Å². The van der Waals surface area contributed by atoms with Gasteiger partial charge in [0, 0.05) is 59.2 Å². The van der Waals surface area contributed by atoms with E-state index in [1.165, 1.54) is 0 Å². The highest BCUT2D eigenvalue weighted by Crippen LogP contribution is 2.29. The molecule has 7 heteroatoms. The van der Waals surface area contributed by atoms with Gasteiger partial charge in [-0.15, -0.1) is 0 Å². The zero-order chi connectivity index (χ0) is 21.4. The molecule has 2 aromatic carbocycles. The first-order chi connectivity index (χ1) is 15.1. The number of rotatable bonds is 4. The first-order valence-corrected chi connectivity index (χ1v) is 10.3. The lowest BCUT2D eigenvalue weighted by molar-refractivity contribution is 0.0782. The van der Waals surface area contributed by atoms with Crippen molar-refractivity contribution < 1.29 is 9.90 Å². The molecule has 1 aliphatic heterocycles. The van der Waals surface area contributed by atoms with Crippen LogP contribution in [0, 0.1) is 5.92 Å². The Kier molecular flexibility index (Phi) is 4.88. The highest BCUT2D eigenvalue weighted by Gasteiger charge is 2.26. The van der Waals surface area contributed by atoms with Gasteiger partial charge in [0.05, 0.1) is 5.69 Å². The van der Waals surface area contributed by atoms with Gasteiger partial charge in [-0.1, -0.05) is 18.2 Å². The Morgan fingerprint density at radius 2 is 1.90 bits per heavy atom. The Hall–Kier alpha value is -3.71. The number of carbonyl (C=O) groups is 1. The molecule has 1 amide bonds. The predicted molar refractivity (Wildman–Crippen MR) is 121 cm³/mol. The minimum Gasteiger partial charge on any atom is -0.396 e. The second-order valence-corrected chi connectivity index (χ2v) is 7.87. The van der Waals surface area contributed by atoms with Crippen LogP contribution in [0.5, 0.6) is 0 Å². The number of aromatic amines is 1. The molecule has 1 fully saturated rings. The number of hydrogen-bond donors (Lipinski definition) is 3. The number of aliphatic hydroxyl groups excluding tert-OH is 1. The molecule has 0 saturated carbocycles. The molecule has 0 aliphatic carbocycles. The second-order valence-electron chi connectivity index (χ2n) is 7.87. The summed E-state index contributed by atoms with van der Waals surface area (Å²) in [5, 5.41) is 15.0. The van der Waals surface area contributed by atoms with Crippen LogP contribution < -0.4 is 10.9 Å². The average molecular weight is 414 g/mol. The fourth-order valence-corrected chi connectivity index (χ4v) is 4.21. The number of carbonyl (C=O) groups excluding carboxylic acids is 1. The summed E-state index contributed by atoms with van der Waals surface area (Å²) in [6, 6.07) is 16.7. The summed E-state index contributed by atoms with van der Waals surface area (Å²) in [6.07, 6.45) is 2.49. The van der Waals surface area contributed by atoms with Crippen molar-refractivity contribution in [1.82, 2.24) is 14.9 Å². The zero-order valence-corrected chi connectivity index (χ0v) is 16.8. The van der Waals surface area contributed by atoms with E-state index in [1.807, 2.05) is 36.4 Å². The molecule has 0 radical (unpaired) electrons. The Bertz CT molecular complexity index is 1330. The molecule has 2 aromatic heterocycles. The molecule has 1 unspecified atom stereocenters. The molecular formula is C24H22N4O3. The number of hydrogen-bond acceptors (Lipinski definition) is 5. The second kappa shape index (κ2) is 7.85. The number of fused-ring (bicyclic) bond motifs is 3. The molecule has 31 heavy (non-hydrogen) atoms. The van der Waals surface area contributed by atoms with Crippen LogP contribution in [0.25, 0.3) is 21.8 Å². The normalized spacial score (nSPS) is 16.2. The maximum Gasteiger partial charge on any atom is 0.257 e. The van der Waals surface area contributed by atoms with Crippen LogP contribution >= 0.6 is 0 Å². The van der Waals surface area contributed by atoms with Gasteiger partial charge in [-0.05, 0) is 42.8 Å². The number of likely N-dealkylation sites (tertiary alicyclic amines) is 1. The number of amides is 1. The number of H-pyrrole nitrogens is 1. The van der Waals surface area contributed by atoms with Crippen molar-refractivity contribution in [3.63, 3.8) is 0 Å². The lowest BCUT2D eigenvalue weighted by atomic mass is 10.1. The minimum atomic E-state index is -0.166. The Morgan fingerprint density at radius 1 is 1.13 bits per heavy atom. The van der Waals surface area contributed by atoms with Gasteiger partial charge < -0.3 is 20.3 Å². The number of benzene rings is 2. The number of aromatic nitrogens is 2. The van der Waals surface area contributed by atoms with Crippen LogP contribution in [0.2, 0.25) is 0 Å². The molecule has 7 nitrogen and oxygen atoms in total. The van der Waals surface area contributed by atoms with E-state index >= 15 is 0 Å². The molecule has 3 N–H and O–H groups in total. The summed E-state index contributed by atoms with van der Waals surface area (Å²) in [6.45, 7) is 1.40. The molecule has 1 saturated heterocycles. The molecule has 1 aliphatic rings. The maximum absolute atomic E-state index is 12.7. The van der Waals surface area contributed by atoms with E-state index in [-0.39, 0.29) is 24.0 Å². The van der Waals surface area contributed by atoms with Gasteiger partial charge in [0.2, 0.25) is 0 Å². The van der Waals surface area contributed by atoms with Crippen molar-refractivity contribution in [2.45, 2.75) is 6.42 Å². The number of nitrogens with one attached hydrogen (secondary N) is 2. The quantitative estimate of drug-likeness (QED) is 0.445. The van der Waals surface area contributed by atoms with E-state index in [0.29, 0.717) is 29.7 Å². The number of anilines is 2. The van der Waals surface area contributed by atoms with Crippen molar-refractivity contribution in [2.75, 3.05) is 25.0 Å². The molecule has 156 valence electrons. The number of aliphatic hydroxyl groups is 1. The van der Waals surface area contributed by atoms with E-state index in [1.54, 1.807) is 29.3 Å². The molecule has 0 spiro atoms. The summed E-state index contributed by atoms with van der Waals surface area (Å²) in [4.78, 5) is 34.0. The van der Waals surface area contributed by atoms with Crippen LogP contribution in [0.4, 0.5) is 11.4 Å². The van der Waals surface area contributed by atoms with Gasteiger partial charge in [-0.3, -0.25) is 9.59 Å². The zero-order valence-electron chi connectivity index (χ0n) is 16.8. The van der Waals surface area contributed by atoms with Crippen molar-refractivity contribution in [3.8, 4) is 0 Å². The molecular weight excluding hydrogens is 392 g/mol. The van der Waals surface area contributed by atoms with Gasteiger partial charge in [-0.2, -0.15) is 0 Å². The summed E-state index contributed by atoms with van der Waals surface area (Å²) >= 11 is 0. The van der Waals surface area contributed by atoms with Crippen molar-refractivity contribution in [1.29, 1.82) is 0 Å². The third-order valence-corrected chi connectivity index (χ3v) is 5.87. The fraction of sp³-hybridized carbons (Fsp3) is 0.208. The van der Waals surface area contributed by atoms with E-state index in [0.717, 1.165) is 28.6 Å². The molecule has 0 bridgehead atoms. The summed E-state index contributed by atoms with van der Waals surface area (Å²) < 4.78 is 0. The Balaban J connectivity index is 1.45. The molecule has 5 rings (SSSR count).